The van der Waals surface area contributed by atoms with E-state index in [1.165, 1.54) is 6.33 Å². The zero-order valence-corrected chi connectivity index (χ0v) is 7.41. The number of azo groups is 1. The standard InChI is InChI=1S/C10H8N4/c1-2-4-9(5-3-1)13-14-10-6-11-8-12-7-10/h1-8H. The van der Waals surface area contributed by atoms with Gasteiger partial charge in [0.05, 0.1) is 18.1 Å². The highest BCUT2D eigenvalue weighted by molar-refractivity contribution is 5.36. The van der Waals surface area contributed by atoms with Gasteiger partial charge in [0.1, 0.15) is 12.0 Å². The fourth-order valence-electron chi connectivity index (χ4n) is 0.953. The molecule has 0 aliphatic carbocycles. The maximum Gasteiger partial charge on any atom is 0.122 e. The van der Waals surface area contributed by atoms with Crippen LogP contribution in [0, 0.1) is 0 Å². The molecule has 0 fully saturated rings. The molecule has 1 aromatic carbocycles. The van der Waals surface area contributed by atoms with Gasteiger partial charge >= 0.3 is 0 Å². The zero-order valence-electron chi connectivity index (χ0n) is 7.41. The number of rotatable bonds is 2. The van der Waals surface area contributed by atoms with E-state index in [2.05, 4.69) is 20.2 Å². The molecule has 68 valence electrons. The van der Waals surface area contributed by atoms with Gasteiger partial charge in [-0.25, -0.2) is 9.97 Å². The summed E-state index contributed by atoms with van der Waals surface area (Å²) in [5, 5.41) is 8.00. The van der Waals surface area contributed by atoms with Crippen molar-refractivity contribution >= 4 is 11.4 Å². The Hall–Kier alpha value is -2.10. The molecule has 1 aromatic heterocycles. The fourth-order valence-corrected chi connectivity index (χ4v) is 0.953. The Morgan fingerprint density at radius 1 is 0.786 bits per heavy atom. The van der Waals surface area contributed by atoms with Crippen molar-refractivity contribution in [2.45, 2.75) is 0 Å². The van der Waals surface area contributed by atoms with Gasteiger partial charge in [0.2, 0.25) is 0 Å². The SMILES string of the molecule is c1ccc(N=Nc2cncnc2)cc1. The van der Waals surface area contributed by atoms with Crippen LogP contribution in [0.15, 0.2) is 59.3 Å². The van der Waals surface area contributed by atoms with Gasteiger partial charge in [-0.1, -0.05) is 18.2 Å². The number of aromatic nitrogens is 2. The summed E-state index contributed by atoms with van der Waals surface area (Å²) in [6.45, 7) is 0. The summed E-state index contributed by atoms with van der Waals surface area (Å²) in [5.41, 5.74) is 1.47. The molecular formula is C10H8N4. The van der Waals surface area contributed by atoms with Crippen LogP contribution < -0.4 is 0 Å². The lowest BCUT2D eigenvalue weighted by Crippen LogP contribution is -1.72. The van der Waals surface area contributed by atoms with Gasteiger partial charge in [-0.15, -0.1) is 5.11 Å². The lowest BCUT2D eigenvalue weighted by molar-refractivity contribution is 1.12. The Morgan fingerprint density at radius 2 is 1.43 bits per heavy atom. The molecule has 14 heavy (non-hydrogen) atoms. The molecule has 0 saturated carbocycles. The van der Waals surface area contributed by atoms with Crippen molar-refractivity contribution in [3.8, 4) is 0 Å². The first-order chi connectivity index (χ1) is 6.95. The van der Waals surface area contributed by atoms with Gasteiger partial charge in [-0.3, -0.25) is 0 Å². The van der Waals surface area contributed by atoms with E-state index >= 15 is 0 Å². The molecular weight excluding hydrogens is 176 g/mol. The van der Waals surface area contributed by atoms with Gasteiger partial charge in [-0.2, -0.15) is 5.11 Å². The molecule has 0 radical (unpaired) electrons. The van der Waals surface area contributed by atoms with Crippen molar-refractivity contribution in [1.82, 2.24) is 9.97 Å². The van der Waals surface area contributed by atoms with Crippen LogP contribution in [0.5, 0.6) is 0 Å². The van der Waals surface area contributed by atoms with Gasteiger partial charge in [0.15, 0.2) is 0 Å². The van der Waals surface area contributed by atoms with Gasteiger partial charge < -0.3 is 0 Å². The predicted molar refractivity (Wildman–Crippen MR) is 52.7 cm³/mol. The van der Waals surface area contributed by atoms with E-state index in [-0.39, 0.29) is 0 Å². The minimum atomic E-state index is 0.649. The molecule has 0 N–H and O–H groups in total. The van der Waals surface area contributed by atoms with Crippen LogP contribution >= 0.6 is 0 Å². The molecule has 0 amide bonds. The fraction of sp³-hybridized carbons (Fsp3) is 0. The van der Waals surface area contributed by atoms with Crippen LogP contribution in [0.4, 0.5) is 11.4 Å². The second kappa shape index (κ2) is 4.23. The van der Waals surface area contributed by atoms with E-state index in [0.29, 0.717) is 5.69 Å². The molecule has 0 spiro atoms. The lowest BCUT2D eigenvalue weighted by atomic mass is 10.3. The summed E-state index contributed by atoms with van der Waals surface area (Å²) >= 11 is 0. The highest BCUT2D eigenvalue weighted by Crippen LogP contribution is 2.14. The smallest absolute Gasteiger partial charge is 0.122 e. The first-order valence-corrected chi connectivity index (χ1v) is 4.17. The average Bonchev–Trinajstić information content (AvgIpc) is 2.29. The highest BCUT2D eigenvalue weighted by Gasteiger charge is 1.88. The molecule has 0 aliphatic rings. The van der Waals surface area contributed by atoms with Crippen LogP contribution in [0.1, 0.15) is 0 Å². The summed E-state index contributed by atoms with van der Waals surface area (Å²) < 4.78 is 0. The van der Waals surface area contributed by atoms with Crippen molar-refractivity contribution in [3.05, 3.63) is 49.1 Å². The third-order valence-electron chi connectivity index (χ3n) is 1.58. The topological polar surface area (TPSA) is 50.5 Å². The minimum absolute atomic E-state index is 0.649. The molecule has 0 aliphatic heterocycles. The Kier molecular flexibility index (Phi) is 2.56. The van der Waals surface area contributed by atoms with Gasteiger partial charge in [0.25, 0.3) is 0 Å². The van der Waals surface area contributed by atoms with Crippen LogP contribution in [-0.2, 0) is 0 Å². The Morgan fingerprint density at radius 3 is 2.14 bits per heavy atom. The summed E-state index contributed by atoms with van der Waals surface area (Å²) in [6.07, 6.45) is 4.68. The van der Waals surface area contributed by atoms with Gasteiger partial charge in [-0.05, 0) is 12.1 Å². The maximum absolute atomic E-state index is 4.02. The van der Waals surface area contributed by atoms with Crippen LogP contribution in [0.3, 0.4) is 0 Å². The molecule has 4 heteroatoms. The molecule has 0 unspecified atom stereocenters. The summed E-state index contributed by atoms with van der Waals surface area (Å²) in [6, 6.07) is 9.52. The van der Waals surface area contributed by atoms with Crippen molar-refractivity contribution in [1.29, 1.82) is 0 Å². The second-order valence-corrected chi connectivity index (χ2v) is 2.63. The molecule has 2 aromatic rings. The number of hydrogen-bond acceptors (Lipinski definition) is 4. The number of hydrogen-bond donors (Lipinski definition) is 0. The first-order valence-electron chi connectivity index (χ1n) is 4.17. The highest BCUT2D eigenvalue weighted by atomic mass is 15.1. The molecule has 1 heterocycles. The van der Waals surface area contributed by atoms with Crippen molar-refractivity contribution in [2.75, 3.05) is 0 Å². The van der Waals surface area contributed by atoms with E-state index in [1.54, 1.807) is 12.4 Å². The largest absolute Gasteiger partial charge is 0.243 e. The van der Waals surface area contributed by atoms with E-state index in [4.69, 9.17) is 0 Å². The Balaban J connectivity index is 2.16. The van der Waals surface area contributed by atoms with Crippen molar-refractivity contribution < 1.29 is 0 Å². The molecule has 4 nitrogen and oxygen atoms in total. The predicted octanol–water partition coefficient (Wildman–Crippen LogP) is 2.89. The monoisotopic (exact) mass is 184 g/mol. The molecule has 0 bridgehead atoms. The molecule has 2 rings (SSSR count). The van der Waals surface area contributed by atoms with E-state index in [0.717, 1.165) is 5.69 Å². The van der Waals surface area contributed by atoms with E-state index in [1.807, 2.05) is 30.3 Å². The number of benzene rings is 1. The third-order valence-corrected chi connectivity index (χ3v) is 1.58. The van der Waals surface area contributed by atoms with Crippen LogP contribution in [-0.4, -0.2) is 9.97 Å². The summed E-state index contributed by atoms with van der Waals surface area (Å²) in [7, 11) is 0. The van der Waals surface area contributed by atoms with Gasteiger partial charge in [0, 0.05) is 0 Å². The molecule has 0 atom stereocenters. The van der Waals surface area contributed by atoms with Crippen molar-refractivity contribution in [3.63, 3.8) is 0 Å². The normalized spacial score (nSPS) is 10.6. The Labute approximate surface area is 81.4 Å². The minimum Gasteiger partial charge on any atom is -0.243 e. The zero-order chi connectivity index (χ0) is 9.64. The van der Waals surface area contributed by atoms with Crippen molar-refractivity contribution in [2.24, 2.45) is 10.2 Å². The molecule has 0 saturated heterocycles. The second-order valence-electron chi connectivity index (χ2n) is 2.63. The van der Waals surface area contributed by atoms with Crippen LogP contribution in [0.25, 0.3) is 0 Å². The maximum atomic E-state index is 4.02. The lowest BCUT2D eigenvalue weighted by Gasteiger charge is -1.90. The first kappa shape index (κ1) is 8.50. The quantitative estimate of drug-likeness (QED) is 0.674. The number of nitrogens with zero attached hydrogens (tertiary/aromatic N) is 4. The third kappa shape index (κ3) is 2.20. The summed E-state index contributed by atoms with van der Waals surface area (Å²) in [5.74, 6) is 0. The van der Waals surface area contributed by atoms with Crippen LogP contribution in [0.2, 0.25) is 0 Å². The van der Waals surface area contributed by atoms with E-state index in [9.17, 15) is 0 Å². The summed E-state index contributed by atoms with van der Waals surface area (Å²) in [4.78, 5) is 7.66. The average molecular weight is 184 g/mol. The Bertz CT molecular complexity index is 369. The van der Waals surface area contributed by atoms with E-state index < -0.39 is 0 Å².